The number of rotatable bonds is 5. The van der Waals surface area contributed by atoms with E-state index in [1.54, 1.807) is 0 Å². The molecule has 0 aromatic carbocycles. The molecule has 0 aromatic rings. The lowest BCUT2D eigenvalue weighted by Gasteiger charge is -1.90. The predicted octanol–water partition coefficient (Wildman–Crippen LogP) is 0.917. The highest BCUT2D eigenvalue weighted by atomic mass is 16.3. The van der Waals surface area contributed by atoms with Crippen LogP contribution in [0.15, 0.2) is 0 Å². The van der Waals surface area contributed by atoms with Crippen LogP contribution in [0.4, 0.5) is 0 Å². The molecule has 0 saturated carbocycles. The van der Waals surface area contributed by atoms with Crippen LogP contribution in [0.1, 0.15) is 46.5 Å². The summed E-state index contributed by atoms with van der Waals surface area (Å²) in [6, 6.07) is 0. The van der Waals surface area contributed by atoms with Crippen LogP contribution < -0.4 is 0 Å². The van der Waals surface area contributed by atoms with Crippen molar-refractivity contribution in [3.8, 4) is 0 Å². The van der Waals surface area contributed by atoms with Gasteiger partial charge in [-0.3, -0.25) is 0 Å². The summed E-state index contributed by atoms with van der Waals surface area (Å²) in [5.74, 6) is 0. The van der Waals surface area contributed by atoms with Gasteiger partial charge in [-0.1, -0.05) is 26.7 Å². The quantitative estimate of drug-likeness (QED) is 0.560. The van der Waals surface area contributed by atoms with Crippen LogP contribution in [0.5, 0.6) is 0 Å². The van der Waals surface area contributed by atoms with Crippen LogP contribution in [0.2, 0.25) is 0 Å². The largest absolute Gasteiger partial charge is 0.396 e. The molecule has 96 valence electrons. The van der Waals surface area contributed by atoms with Gasteiger partial charge >= 0.3 is 0 Å². The Balaban J connectivity index is -0.000000144. The van der Waals surface area contributed by atoms with Gasteiger partial charge < -0.3 is 20.4 Å². The summed E-state index contributed by atoms with van der Waals surface area (Å²) in [5, 5.41) is 32.1. The van der Waals surface area contributed by atoms with E-state index in [1.807, 2.05) is 0 Å². The lowest BCUT2D eigenvalue weighted by Crippen LogP contribution is -2.03. The highest BCUT2D eigenvalue weighted by Crippen LogP contribution is 1.79. The maximum absolute atomic E-state index is 8.11. The van der Waals surface area contributed by atoms with E-state index < -0.39 is 6.10 Å². The number of hydrogen-bond donors (Lipinski definition) is 4. The molecule has 0 aliphatic rings. The molecule has 4 heteroatoms. The van der Waals surface area contributed by atoms with Gasteiger partial charge in [-0.15, -0.1) is 0 Å². The fraction of sp³-hybridized carbons (Fsp3) is 1.00. The summed E-state index contributed by atoms with van der Waals surface area (Å²) in [4.78, 5) is 0. The van der Waals surface area contributed by atoms with Crippen LogP contribution in [0.3, 0.4) is 0 Å². The van der Waals surface area contributed by atoms with E-state index in [0.29, 0.717) is 13.2 Å². The van der Waals surface area contributed by atoms with Crippen LogP contribution >= 0.6 is 0 Å². The minimum Gasteiger partial charge on any atom is -0.396 e. The second-order valence-electron chi connectivity index (χ2n) is 3.19. The third-order valence-corrected chi connectivity index (χ3v) is 1.29. The second-order valence-corrected chi connectivity index (χ2v) is 3.19. The van der Waals surface area contributed by atoms with Crippen molar-refractivity contribution in [3.05, 3.63) is 0 Å². The molecule has 1 atom stereocenters. The van der Waals surface area contributed by atoms with Crippen LogP contribution in [0, 0.1) is 0 Å². The van der Waals surface area contributed by atoms with Gasteiger partial charge in [0, 0.05) is 13.2 Å². The minimum absolute atomic E-state index is 0.139. The fourth-order valence-electron chi connectivity index (χ4n) is 0.316. The van der Waals surface area contributed by atoms with Crippen molar-refractivity contribution < 1.29 is 20.4 Å². The third kappa shape index (κ3) is 56.9. The van der Waals surface area contributed by atoms with E-state index in [0.717, 1.165) is 25.7 Å². The van der Waals surface area contributed by atoms with Crippen LogP contribution in [-0.2, 0) is 0 Å². The van der Waals surface area contributed by atoms with Crippen molar-refractivity contribution in [2.24, 2.45) is 0 Å². The molecule has 1 unspecified atom stereocenters. The first-order chi connectivity index (χ1) is 7.10. The second kappa shape index (κ2) is 23.6. The van der Waals surface area contributed by atoms with E-state index in [2.05, 4.69) is 13.8 Å². The molecule has 0 radical (unpaired) electrons. The van der Waals surface area contributed by atoms with Gasteiger partial charge in [-0.2, -0.15) is 0 Å². The third-order valence-electron chi connectivity index (χ3n) is 1.29. The SMILES string of the molecule is CC(O)CO.CCCCO.CCCCO. The first-order valence-corrected chi connectivity index (χ1v) is 5.61. The van der Waals surface area contributed by atoms with E-state index in [4.69, 9.17) is 20.4 Å². The molecule has 0 aliphatic heterocycles. The summed E-state index contributed by atoms with van der Waals surface area (Å²) in [5.41, 5.74) is 0. The fourth-order valence-corrected chi connectivity index (χ4v) is 0.316. The van der Waals surface area contributed by atoms with Gasteiger partial charge in [0.1, 0.15) is 0 Å². The predicted molar refractivity (Wildman–Crippen MR) is 62.8 cm³/mol. The zero-order valence-electron chi connectivity index (χ0n) is 10.3. The highest BCUT2D eigenvalue weighted by Gasteiger charge is 1.83. The number of unbranched alkanes of at least 4 members (excludes halogenated alkanes) is 2. The molecule has 0 amide bonds. The highest BCUT2D eigenvalue weighted by molar-refractivity contribution is 4.34. The zero-order chi connectivity index (χ0) is 12.5. The average molecular weight is 224 g/mol. The Bertz CT molecular complexity index is 67.0. The summed E-state index contributed by atoms with van der Waals surface area (Å²) in [7, 11) is 0. The van der Waals surface area contributed by atoms with Crippen molar-refractivity contribution in [1.82, 2.24) is 0 Å². The maximum Gasteiger partial charge on any atom is 0.0742 e. The van der Waals surface area contributed by atoms with Crippen molar-refractivity contribution in [2.45, 2.75) is 52.6 Å². The molecule has 15 heavy (non-hydrogen) atoms. The summed E-state index contributed by atoms with van der Waals surface area (Å²) >= 11 is 0. The molecule has 0 spiro atoms. The number of hydrogen-bond acceptors (Lipinski definition) is 4. The van der Waals surface area contributed by atoms with Gasteiger partial charge in [0.25, 0.3) is 0 Å². The maximum atomic E-state index is 8.11. The van der Waals surface area contributed by atoms with Crippen molar-refractivity contribution in [2.75, 3.05) is 19.8 Å². The monoisotopic (exact) mass is 224 g/mol. The molecule has 0 rings (SSSR count). The van der Waals surface area contributed by atoms with Gasteiger partial charge in [-0.05, 0) is 19.8 Å². The Morgan fingerprint density at radius 3 is 1.13 bits per heavy atom. The number of aliphatic hydroxyl groups is 4. The Labute approximate surface area is 93.6 Å². The van der Waals surface area contributed by atoms with Gasteiger partial charge in [-0.25, -0.2) is 0 Å². The van der Waals surface area contributed by atoms with Crippen molar-refractivity contribution in [1.29, 1.82) is 0 Å². The first kappa shape index (κ1) is 20.3. The van der Waals surface area contributed by atoms with E-state index >= 15 is 0 Å². The Morgan fingerprint density at radius 2 is 1.13 bits per heavy atom. The molecular formula is C11H28O4. The molecule has 0 saturated heterocycles. The van der Waals surface area contributed by atoms with Gasteiger partial charge in [0.05, 0.1) is 12.7 Å². The average Bonchev–Trinajstić information content (AvgIpc) is 2.22. The summed E-state index contributed by atoms with van der Waals surface area (Å²) in [6.45, 7) is 6.18. The molecular weight excluding hydrogens is 196 g/mol. The van der Waals surface area contributed by atoms with Crippen molar-refractivity contribution in [3.63, 3.8) is 0 Å². The molecule has 0 bridgehead atoms. The standard InChI is InChI=1S/2C4H10O.C3H8O2/c2*1-2-3-4-5;1-3(5)2-4/h2*5H,2-4H2,1H3;3-5H,2H2,1H3. The molecule has 0 fully saturated rings. The molecule has 4 nitrogen and oxygen atoms in total. The first-order valence-electron chi connectivity index (χ1n) is 5.61. The topological polar surface area (TPSA) is 80.9 Å². The Kier molecular flexibility index (Phi) is 31.9. The van der Waals surface area contributed by atoms with E-state index in [1.165, 1.54) is 6.92 Å². The van der Waals surface area contributed by atoms with Gasteiger partial charge in [0.2, 0.25) is 0 Å². The lowest BCUT2D eigenvalue weighted by molar-refractivity contribution is 0.110. The summed E-state index contributed by atoms with van der Waals surface area (Å²) < 4.78 is 0. The Morgan fingerprint density at radius 1 is 0.867 bits per heavy atom. The van der Waals surface area contributed by atoms with Crippen LogP contribution in [0.25, 0.3) is 0 Å². The molecule has 4 N–H and O–H groups in total. The minimum atomic E-state index is -0.560. The Hall–Kier alpha value is -0.160. The van der Waals surface area contributed by atoms with Crippen LogP contribution in [-0.4, -0.2) is 46.4 Å². The smallest absolute Gasteiger partial charge is 0.0742 e. The molecule has 0 aromatic heterocycles. The van der Waals surface area contributed by atoms with Crippen molar-refractivity contribution >= 4 is 0 Å². The lowest BCUT2D eigenvalue weighted by atomic mass is 10.4. The number of aliphatic hydroxyl groups excluding tert-OH is 4. The van der Waals surface area contributed by atoms with E-state index in [-0.39, 0.29) is 6.61 Å². The molecule has 0 aliphatic carbocycles. The van der Waals surface area contributed by atoms with E-state index in [9.17, 15) is 0 Å². The normalized spacial score (nSPS) is 10.6. The summed E-state index contributed by atoms with van der Waals surface area (Å²) in [6.07, 6.45) is 3.52. The zero-order valence-corrected chi connectivity index (χ0v) is 10.3. The molecule has 0 heterocycles. The van der Waals surface area contributed by atoms with Gasteiger partial charge in [0.15, 0.2) is 0 Å².